The van der Waals surface area contributed by atoms with Crippen molar-refractivity contribution in [3.63, 3.8) is 0 Å². The van der Waals surface area contributed by atoms with Gasteiger partial charge in [-0.05, 0) is 30.7 Å². The van der Waals surface area contributed by atoms with Crippen molar-refractivity contribution in [1.29, 1.82) is 5.26 Å². The molecule has 0 aliphatic rings. The number of para-hydroxylation sites is 2. The molecule has 22 heavy (non-hydrogen) atoms. The number of anilines is 2. The predicted molar refractivity (Wildman–Crippen MR) is 84.4 cm³/mol. The van der Waals surface area contributed by atoms with Crippen LogP contribution < -0.4 is 10.6 Å². The molecule has 2 amide bonds. The van der Waals surface area contributed by atoms with Gasteiger partial charge in [0.1, 0.15) is 6.42 Å². The zero-order valence-electron chi connectivity index (χ0n) is 12.1. The van der Waals surface area contributed by atoms with Gasteiger partial charge in [0.05, 0.1) is 17.3 Å². The third-order valence-electron chi connectivity index (χ3n) is 3.08. The quantitative estimate of drug-likeness (QED) is 0.908. The van der Waals surface area contributed by atoms with Gasteiger partial charge in [0.15, 0.2) is 0 Å². The smallest absolute Gasteiger partial charge is 0.257 e. The Morgan fingerprint density at radius 3 is 2.32 bits per heavy atom. The molecule has 5 heteroatoms. The van der Waals surface area contributed by atoms with Crippen molar-refractivity contribution in [3.05, 3.63) is 59.7 Å². The van der Waals surface area contributed by atoms with Crippen molar-refractivity contribution >= 4 is 23.2 Å². The first-order valence-corrected chi connectivity index (χ1v) is 6.74. The fourth-order valence-electron chi connectivity index (χ4n) is 1.96. The average Bonchev–Trinajstić information content (AvgIpc) is 2.50. The van der Waals surface area contributed by atoms with Crippen LogP contribution in [0.2, 0.25) is 0 Å². The van der Waals surface area contributed by atoms with Crippen LogP contribution in [0.5, 0.6) is 0 Å². The van der Waals surface area contributed by atoms with Crippen LogP contribution >= 0.6 is 0 Å². The lowest BCUT2D eigenvalue weighted by molar-refractivity contribution is -0.115. The standard InChI is InChI=1S/C17H15N3O2/c1-12-6-2-4-8-14(12)20-17(22)13-7-3-5-9-15(13)19-16(21)10-11-18/h2-9H,10H2,1H3,(H,19,21)(H,20,22). The number of aryl methyl sites for hydroxylation is 1. The molecule has 0 unspecified atom stereocenters. The minimum absolute atomic E-state index is 0.256. The third-order valence-corrected chi connectivity index (χ3v) is 3.08. The van der Waals surface area contributed by atoms with E-state index in [1.807, 2.05) is 31.2 Å². The Kier molecular flexibility index (Phi) is 4.89. The molecule has 0 aromatic heterocycles. The maximum atomic E-state index is 12.4. The van der Waals surface area contributed by atoms with Crippen LogP contribution in [0, 0.1) is 18.3 Å². The molecule has 0 atom stereocenters. The number of hydrogen-bond acceptors (Lipinski definition) is 3. The SMILES string of the molecule is Cc1ccccc1NC(=O)c1ccccc1NC(=O)CC#N. The van der Waals surface area contributed by atoms with Gasteiger partial charge < -0.3 is 10.6 Å². The number of carbonyl (C=O) groups is 2. The van der Waals surface area contributed by atoms with E-state index in [1.165, 1.54) is 0 Å². The molecule has 2 aromatic carbocycles. The first-order chi connectivity index (χ1) is 10.6. The number of benzene rings is 2. The number of nitrogens with one attached hydrogen (secondary N) is 2. The summed E-state index contributed by atoms with van der Waals surface area (Å²) in [7, 11) is 0. The largest absolute Gasteiger partial charge is 0.324 e. The summed E-state index contributed by atoms with van der Waals surface area (Å²) in [5.74, 6) is -0.763. The summed E-state index contributed by atoms with van der Waals surface area (Å²) in [6.45, 7) is 1.90. The minimum Gasteiger partial charge on any atom is -0.324 e. The second-order valence-corrected chi connectivity index (χ2v) is 4.70. The molecular formula is C17H15N3O2. The number of nitrogens with zero attached hydrogens (tertiary/aromatic N) is 1. The van der Waals surface area contributed by atoms with Gasteiger partial charge in [0, 0.05) is 5.69 Å². The highest BCUT2D eigenvalue weighted by molar-refractivity contribution is 6.10. The highest BCUT2D eigenvalue weighted by atomic mass is 16.2. The fraction of sp³-hybridized carbons (Fsp3) is 0.118. The van der Waals surface area contributed by atoms with Crippen molar-refractivity contribution in [2.45, 2.75) is 13.3 Å². The average molecular weight is 293 g/mol. The molecule has 0 aliphatic heterocycles. The van der Waals surface area contributed by atoms with Crippen LogP contribution in [0.25, 0.3) is 0 Å². The summed E-state index contributed by atoms with van der Waals surface area (Å²) in [4.78, 5) is 23.9. The van der Waals surface area contributed by atoms with Gasteiger partial charge >= 0.3 is 0 Å². The Balaban J connectivity index is 2.22. The Labute approximate surface area is 128 Å². The zero-order valence-corrected chi connectivity index (χ0v) is 12.1. The van der Waals surface area contributed by atoms with E-state index in [0.29, 0.717) is 16.9 Å². The van der Waals surface area contributed by atoms with Gasteiger partial charge in [-0.25, -0.2) is 0 Å². The van der Waals surface area contributed by atoms with E-state index in [1.54, 1.807) is 30.3 Å². The maximum absolute atomic E-state index is 12.4. The van der Waals surface area contributed by atoms with Crippen LogP contribution in [0.3, 0.4) is 0 Å². The Bertz CT molecular complexity index is 748. The summed E-state index contributed by atoms with van der Waals surface area (Å²) in [6.07, 6.45) is -0.256. The summed E-state index contributed by atoms with van der Waals surface area (Å²) in [6, 6.07) is 15.9. The summed E-state index contributed by atoms with van der Waals surface area (Å²) in [5.41, 5.74) is 2.39. The molecule has 0 aliphatic carbocycles. The lowest BCUT2D eigenvalue weighted by Gasteiger charge is -2.12. The Hall–Kier alpha value is -3.13. The summed E-state index contributed by atoms with van der Waals surface area (Å²) in [5, 5.41) is 13.9. The van der Waals surface area contributed by atoms with Crippen molar-refractivity contribution in [2.75, 3.05) is 10.6 Å². The van der Waals surface area contributed by atoms with E-state index in [0.717, 1.165) is 5.56 Å². The summed E-state index contributed by atoms with van der Waals surface area (Å²) < 4.78 is 0. The first-order valence-electron chi connectivity index (χ1n) is 6.74. The highest BCUT2D eigenvalue weighted by Crippen LogP contribution is 2.19. The van der Waals surface area contributed by atoms with Crippen molar-refractivity contribution in [1.82, 2.24) is 0 Å². The molecule has 0 spiro atoms. The molecule has 2 rings (SSSR count). The van der Waals surface area contributed by atoms with Gasteiger partial charge in [-0.2, -0.15) is 5.26 Å². The number of nitriles is 1. The molecule has 110 valence electrons. The fourth-order valence-corrected chi connectivity index (χ4v) is 1.96. The normalized spacial score (nSPS) is 9.64. The number of rotatable bonds is 4. The Morgan fingerprint density at radius 2 is 1.64 bits per heavy atom. The van der Waals surface area contributed by atoms with Crippen molar-refractivity contribution in [3.8, 4) is 6.07 Å². The zero-order chi connectivity index (χ0) is 15.9. The highest BCUT2D eigenvalue weighted by Gasteiger charge is 2.13. The maximum Gasteiger partial charge on any atom is 0.257 e. The van der Waals surface area contributed by atoms with Crippen molar-refractivity contribution < 1.29 is 9.59 Å². The Morgan fingerprint density at radius 1 is 1.00 bits per heavy atom. The molecule has 0 saturated heterocycles. The predicted octanol–water partition coefficient (Wildman–Crippen LogP) is 3.10. The van der Waals surface area contributed by atoms with E-state index in [9.17, 15) is 9.59 Å². The lowest BCUT2D eigenvalue weighted by atomic mass is 10.1. The molecule has 2 N–H and O–H groups in total. The monoisotopic (exact) mass is 293 g/mol. The lowest BCUT2D eigenvalue weighted by Crippen LogP contribution is -2.18. The second-order valence-electron chi connectivity index (χ2n) is 4.70. The molecule has 0 bridgehead atoms. The van der Waals surface area contributed by atoms with E-state index in [-0.39, 0.29) is 12.3 Å². The second kappa shape index (κ2) is 7.04. The van der Waals surface area contributed by atoms with Gasteiger partial charge in [-0.15, -0.1) is 0 Å². The van der Waals surface area contributed by atoms with Gasteiger partial charge in [0.2, 0.25) is 5.91 Å². The van der Waals surface area contributed by atoms with E-state index in [4.69, 9.17) is 5.26 Å². The van der Waals surface area contributed by atoms with Gasteiger partial charge in [-0.1, -0.05) is 30.3 Å². The van der Waals surface area contributed by atoms with Gasteiger partial charge in [-0.3, -0.25) is 9.59 Å². The first kappa shape index (κ1) is 15.3. The van der Waals surface area contributed by atoms with E-state index in [2.05, 4.69) is 10.6 Å². The summed E-state index contributed by atoms with van der Waals surface area (Å²) >= 11 is 0. The topological polar surface area (TPSA) is 82.0 Å². The molecule has 5 nitrogen and oxygen atoms in total. The van der Waals surface area contributed by atoms with E-state index >= 15 is 0 Å². The third kappa shape index (κ3) is 3.70. The van der Waals surface area contributed by atoms with Crippen LogP contribution in [0.15, 0.2) is 48.5 Å². The number of carbonyl (C=O) groups excluding carboxylic acids is 2. The van der Waals surface area contributed by atoms with Crippen LogP contribution in [0.4, 0.5) is 11.4 Å². The molecule has 2 aromatic rings. The minimum atomic E-state index is -0.446. The van der Waals surface area contributed by atoms with Crippen LogP contribution in [-0.4, -0.2) is 11.8 Å². The molecule has 0 saturated carbocycles. The molecule has 0 radical (unpaired) electrons. The van der Waals surface area contributed by atoms with E-state index < -0.39 is 5.91 Å². The van der Waals surface area contributed by atoms with Crippen LogP contribution in [0.1, 0.15) is 22.3 Å². The van der Waals surface area contributed by atoms with Gasteiger partial charge in [0.25, 0.3) is 5.91 Å². The molecule has 0 fully saturated rings. The number of hydrogen-bond donors (Lipinski definition) is 2. The molecule has 0 heterocycles. The number of amides is 2. The van der Waals surface area contributed by atoms with Crippen molar-refractivity contribution in [2.24, 2.45) is 0 Å². The molecular weight excluding hydrogens is 278 g/mol. The van der Waals surface area contributed by atoms with Crippen LogP contribution in [-0.2, 0) is 4.79 Å².